The van der Waals surface area contributed by atoms with Gasteiger partial charge in [0, 0.05) is 36.6 Å². The van der Waals surface area contributed by atoms with Crippen molar-refractivity contribution in [3.05, 3.63) is 83.0 Å². The predicted octanol–water partition coefficient (Wildman–Crippen LogP) is 5.46. The molecule has 0 unspecified atom stereocenters. The van der Waals surface area contributed by atoms with Gasteiger partial charge in [0.2, 0.25) is 5.91 Å². The minimum atomic E-state index is -5.08. The Hall–Kier alpha value is -4.88. The van der Waals surface area contributed by atoms with Crippen LogP contribution >= 0.6 is 0 Å². The summed E-state index contributed by atoms with van der Waals surface area (Å²) in [6, 6.07) is 20.3. The van der Waals surface area contributed by atoms with Crippen molar-refractivity contribution in [3.8, 4) is 11.5 Å². The van der Waals surface area contributed by atoms with Crippen LogP contribution in [0.5, 0.6) is 11.5 Å². The van der Waals surface area contributed by atoms with Crippen LogP contribution in [0.25, 0.3) is 23.1 Å². The Morgan fingerprint density at radius 1 is 1.09 bits per heavy atom. The number of fused-ring (bicyclic) bond motifs is 3. The molecular formula is C34H33F3N4O6. The zero-order valence-electron chi connectivity index (χ0n) is 25.5. The Balaban J connectivity index is 0.000000499. The van der Waals surface area contributed by atoms with Crippen molar-refractivity contribution in [2.45, 2.75) is 23.9 Å². The second-order valence-electron chi connectivity index (χ2n) is 11.5. The fraction of sp³-hybridized carbons (Fsp3) is 0.324. The average molecular weight is 651 g/mol. The Kier molecular flexibility index (Phi) is 8.93. The molecule has 7 rings (SSSR count). The molecule has 1 saturated heterocycles. The molecule has 246 valence electrons. The number of morpholine rings is 1. The van der Waals surface area contributed by atoms with E-state index in [-0.39, 0.29) is 11.8 Å². The van der Waals surface area contributed by atoms with E-state index in [0.717, 1.165) is 89.7 Å². The molecule has 2 aliphatic heterocycles. The molecule has 0 radical (unpaired) electrons. The number of aromatic nitrogens is 2. The zero-order valence-corrected chi connectivity index (χ0v) is 25.5. The largest absolute Gasteiger partial charge is 0.497 e. The van der Waals surface area contributed by atoms with Crippen molar-refractivity contribution in [2.24, 2.45) is 0 Å². The highest BCUT2D eigenvalue weighted by Crippen LogP contribution is 2.65. The van der Waals surface area contributed by atoms with Gasteiger partial charge in [0.25, 0.3) is 0 Å². The van der Waals surface area contributed by atoms with Crippen molar-refractivity contribution >= 4 is 40.6 Å². The molecule has 1 aromatic heterocycles. The maximum atomic E-state index is 13.0. The summed E-state index contributed by atoms with van der Waals surface area (Å²) in [5, 5.41) is 19.0. The van der Waals surface area contributed by atoms with Crippen molar-refractivity contribution in [3.63, 3.8) is 0 Å². The number of H-pyrrole nitrogens is 1. The first kappa shape index (κ1) is 32.1. The quantitative estimate of drug-likeness (QED) is 0.230. The van der Waals surface area contributed by atoms with Crippen LogP contribution < -0.4 is 14.8 Å². The number of benzene rings is 3. The first-order chi connectivity index (χ1) is 22.6. The summed E-state index contributed by atoms with van der Waals surface area (Å²) in [5.74, 6) is -0.915. The highest BCUT2D eigenvalue weighted by atomic mass is 19.4. The van der Waals surface area contributed by atoms with Gasteiger partial charge in [-0.25, -0.2) is 4.79 Å². The molecule has 47 heavy (non-hydrogen) atoms. The number of nitrogens with zero attached hydrogens (tertiary/aromatic N) is 2. The third kappa shape index (κ3) is 6.81. The van der Waals surface area contributed by atoms with E-state index in [4.69, 9.17) is 24.1 Å². The summed E-state index contributed by atoms with van der Waals surface area (Å²) < 4.78 is 48.5. The molecule has 1 saturated carbocycles. The van der Waals surface area contributed by atoms with Crippen molar-refractivity contribution in [1.29, 1.82) is 0 Å². The van der Waals surface area contributed by atoms with Gasteiger partial charge in [-0.3, -0.25) is 14.8 Å². The molecule has 1 aliphatic carbocycles. The third-order valence-corrected chi connectivity index (χ3v) is 8.68. The van der Waals surface area contributed by atoms with E-state index in [1.165, 1.54) is 0 Å². The topological polar surface area (TPSA) is 126 Å². The smallest absolute Gasteiger partial charge is 0.490 e. The van der Waals surface area contributed by atoms with Gasteiger partial charge < -0.3 is 24.6 Å². The zero-order chi connectivity index (χ0) is 33.2. The van der Waals surface area contributed by atoms with Gasteiger partial charge in [-0.2, -0.15) is 18.3 Å². The Labute approximate surface area is 268 Å². The molecule has 10 nitrogen and oxygen atoms in total. The van der Waals surface area contributed by atoms with E-state index < -0.39 is 17.6 Å². The van der Waals surface area contributed by atoms with Gasteiger partial charge in [-0.15, -0.1) is 0 Å². The standard InChI is InChI=1S/C32H32N4O4.C2HF3O2/c1-38-24-8-11-29-26(19-24)32(31(37)33-29)20-27(32)22-5-9-25-28(34-35-30(25)18-22)10-4-21-2-6-23(7-3-21)40-17-14-36-12-15-39-16-13-36;3-2(4,5)1(6)7/h2-11,18-19,27H,12-17,20H2,1H3,(H,33,37)(H,34,35);(H,6,7)/t27-,32-;/m0./s1. The van der Waals surface area contributed by atoms with Crippen molar-refractivity contribution < 1.29 is 42.1 Å². The lowest BCUT2D eigenvalue weighted by atomic mass is 9.91. The van der Waals surface area contributed by atoms with E-state index in [9.17, 15) is 18.0 Å². The van der Waals surface area contributed by atoms with E-state index >= 15 is 0 Å². The van der Waals surface area contributed by atoms with Crippen LogP contribution in [-0.4, -0.2) is 84.8 Å². The van der Waals surface area contributed by atoms with Gasteiger partial charge in [0.05, 0.1) is 36.9 Å². The van der Waals surface area contributed by atoms with Crippen molar-refractivity contribution in [1.82, 2.24) is 15.1 Å². The third-order valence-electron chi connectivity index (χ3n) is 8.68. The number of nitrogens with one attached hydrogen (secondary N) is 2. The molecule has 2 fully saturated rings. The fourth-order valence-electron chi connectivity index (χ4n) is 6.07. The van der Waals surface area contributed by atoms with Crippen LogP contribution in [0.15, 0.2) is 60.7 Å². The van der Waals surface area contributed by atoms with Gasteiger partial charge in [0.15, 0.2) is 0 Å². The monoisotopic (exact) mass is 650 g/mol. The Morgan fingerprint density at radius 2 is 1.81 bits per heavy atom. The number of amides is 1. The molecule has 3 aliphatic rings. The minimum absolute atomic E-state index is 0.0719. The van der Waals surface area contributed by atoms with Gasteiger partial charge >= 0.3 is 12.1 Å². The summed E-state index contributed by atoms with van der Waals surface area (Å²) in [6.45, 7) is 5.13. The second-order valence-corrected chi connectivity index (χ2v) is 11.5. The van der Waals surface area contributed by atoms with E-state index in [1.807, 2.05) is 36.4 Å². The van der Waals surface area contributed by atoms with Crippen LogP contribution in [0.3, 0.4) is 0 Å². The number of rotatable bonds is 8. The minimum Gasteiger partial charge on any atom is -0.497 e. The molecule has 13 heteroatoms. The normalized spacial score (nSPS) is 20.5. The average Bonchev–Trinajstić information content (AvgIpc) is 3.61. The first-order valence-corrected chi connectivity index (χ1v) is 15.1. The number of hydrogen-bond donors (Lipinski definition) is 3. The van der Waals surface area contributed by atoms with Gasteiger partial charge in [-0.1, -0.05) is 30.3 Å². The van der Waals surface area contributed by atoms with E-state index in [2.05, 4.69) is 56.8 Å². The molecular weight excluding hydrogens is 617 g/mol. The van der Waals surface area contributed by atoms with E-state index in [1.54, 1.807) is 7.11 Å². The molecule has 2 atom stereocenters. The molecule has 1 spiro atoms. The fourth-order valence-corrected chi connectivity index (χ4v) is 6.07. The predicted molar refractivity (Wildman–Crippen MR) is 169 cm³/mol. The first-order valence-electron chi connectivity index (χ1n) is 15.1. The molecule has 3 aromatic carbocycles. The van der Waals surface area contributed by atoms with E-state index in [0.29, 0.717) is 6.61 Å². The molecule has 3 N–H and O–H groups in total. The number of hydrogen-bond acceptors (Lipinski definition) is 7. The van der Waals surface area contributed by atoms with Crippen LogP contribution in [0.1, 0.15) is 34.7 Å². The number of aromatic amines is 1. The number of carboxylic acid groups (broad SMARTS) is 1. The second kappa shape index (κ2) is 13.1. The van der Waals surface area contributed by atoms with Crippen molar-refractivity contribution in [2.75, 3.05) is 51.9 Å². The Morgan fingerprint density at radius 3 is 2.51 bits per heavy atom. The number of anilines is 1. The number of carboxylic acids is 1. The highest BCUT2D eigenvalue weighted by molar-refractivity contribution is 6.10. The SMILES string of the molecule is COc1ccc2c(c1)[C@]1(C[C@H]1c1ccc3c(C=Cc4ccc(OCCN5CCOCC5)cc4)n[nH]c3c1)C(=O)N2.O=C(O)C(F)(F)F. The van der Waals surface area contributed by atoms with Gasteiger partial charge in [0.1, 0.15) is 18.1 Å². The summed E-state index contributed by atoms with van der Waals surface area (Å²) in [7, 11) is 1.65. The number of halogens is 3. The number of carbonyl (C=O) groups is 2. The Bertz CT molecular complexity index is 1800. The number of methoxy groups -OCH3 is 1. The lowest BCUT2D eigenvalue weighted by Gasteiger charge is -2.26. The van der Waals surface area contributed by atoms with Crippen LogP contribution in [0, 0.1) is 0 Å². The van der Waals surface area contributed by atoms with Crippen LogP contribution in [-0.2, 0) is 19.7 Å². The summed E-state index contributed by atoms with van der Waals surface area (Å²) in [4.78, 5) is 24.3. The number of alkyl halides is 3. The lowest BCUT2D eigenvalue weighted by Crippen LogP contribution is -2.38. The maximum Gasteiger partial charge on any atom is 0.490 e. The summed E-state index contributed by atoms with van der Waals surface area (Å²) in [6.07, 6.45) is -0.208. The number of aliphatic carboxylic acids is 1. The van der Waals surface area contributed by atoms with Crippen LogP contribution in [0.4, 0.5) is 18.9 Å². The molecule has 3 heterocycles. The molecule has 0 bridgehead atoms. The highest BCUT2D eigenvalue weighted by Gasteiger charge is 2.65. The summed E-state index contributed by atoms with van der Waals surface area (Å²) >= 11 is 0. The lowest BCUT2D eigenvalue weighted by molar-refractivity contribution is -0.192. The van der Waals surface area contributed by atoms with Gasteiger partial charge in [-0.05, 0) is 65.6 Å². The van der Waals surface area contributed by atoms with Crippen LogP contribution in [0.2, 0.25) is 0 Å². The molecule has 1 amide bonds. The summed E-state index contributed by atoms with van der Waals surface area (Å²) in [5.41, 5.74) is 5.47. The number of carbonyl (C=O) groups excluding carboxylic acids is 1. The maximum absolute atomic E-state index is 13.0. The number of ether oxygens (including phenoxy) is 3. The molecule has 4 aromatic rings.